The van der Waals surface area contributed by atoms with Crippen LogP contribution in [0.3, 0.4) is 0 Å². The van der Waals surface area contributed by atoms with Gasteiger partial charge in [-0.2, -0.15) is 0 Å². The zero-order chi connectivity index (χ0) is 12.0. The lowest BCUT2D eigenvalue weighted by molar-refractivity contribution is 0.161. The molecule has 3 heteroatoms. The normalized spacial score (nSPS) is 9.94. The number of hydrogen-bond acceptors (Lipinski definition) is 2. The maximum atomic E-state index is 11.5. The first-order chi connectivity index (χ1) is 7.69. The van der Waals surface area contributed by atoms with E-state index in [9.17, 15) is 4.79 Å². The van der Waals surface area contributed by atoms with Crippen LogP contribution in [-0.2, 0) is 11.2 Å². The molecule has 0 heterocycles. The lowest BCUT2D eigenvalue weighted by atomic mass is 10.1. The van der Waals surface area contributed by atoms with Crippen molar-refractivity contribution in [2.24, 2.45) is 0 Å². The van der Waals surface area contributed by atoms with Crippen molar-refractivity contribution in [3.63, 3.8) is 0 Å². The van der Waals surface area contributed by atoms with E-state index < -0.39 is 0 Å². The number of hydrogen-bond donors (Lipinski definition) is 1. The van der Waals surface area contributed by atoms with Gasteiger partial charge in [0, 0.05) is 0 Å². The molecule has 0 saturated heterocycles. The number of amides is 1. The highest BCUT2D eigenvalue weighted by atomic mass is 16.5. The summed E-state index contributed by atoms with van der Waals surface area (Å²) < 4.78 is 5.00. The Bertz CT molecular complexity index is 361. The van der Waals surface area contributed by atoms with Gasteiger partial charge in [-0.15, -0.1) is 0 Å². The topological polar surface area (TPSA) is 38.3 Å². The van der Waals surface area contributed by atoms with Crippen molar-refractivity contribution < 1.29 is 9.53 Å². The number of para-hydroxylation sites is 1. The first-order valence-corrected chi connectivity index (χ1v) is 5.71. The van der Waals surface area contributed by atoms with Gasteiger partial charge < -0.3 is 4.74 Å². The van der Waals surface area contributed by atoms with E-state index in [0.29, 0.717) is 6.61 Å². The van der Waals surface area contributed by atoms with Crippen molar-refractivity contribution in [2.45, 2.75) is 33.6 Å². The molecule has 3 nitrogen and oxygen atoms in total. The van der Waals surface area contributed by atoms with Gasteiger partial charge in [0.15, 0.2) is 0 Å². The zero-order valence-electron chi connectivity index (χ0n) is 10.2. The highest BCUT2D eigenvalue weighted by Crippen LogP contribution is 2.21. The average Bonchev–Trinajstić information content (AvgIpc) is 2.29. The van der Waals surface area contributed by atoms with E-state index >= 15 is 0 Å². The van der Waals surface area contributed by atoms with Crippen LogP contribution < -0.4 is 5.32 Å². The quantitative estimate of drug-likeness (QED) is 0.844. The number of carbonyl (C=O) groups excluding carboxylic acids is 1. The molecule has 1 aromatic rings. The van der Waals surface area contributed by atoms with Crippen LogP contribution in [0.25, 0.3) is 0 Å². The minimum atomic E-state index is -0.370. The molecule has 0 aliphatic carbocycles. The molecule has 0 spiro atoms. The Morgan fingerprint density at radius 1 is 1.38 bits per heavy atom. The largest absolute Gasteiger partial charge is 0.449 e. The van der Waals surface area contributed by atoms with Crippen molar-refractivity contribution in [3.05, 3.63) is 29.3 Å². The van der Waals surface area contributed by atoms with Crippen LogP contribution >= 0.6 is 0 Å². The van der Waals surface area contributed by atoms with Crippen LogP contribution in [0.2, 0.25) is 0 Å². The third kappa shape index (κ3) is 3.26. The Hall–Kier alpha value is -1.51. The molecule has 0 saturated carbocycles. The summed E-state index contributed by atoms with van der Waals surface area (Å²) in [7, 11) is 0. The molecule has 88 valence electrons. The molecule has 0 unspecified atom stereocenters. The smallest absolute Gasteiger partial charge is 0.411 e. The summed E-state index contributed by atoms with van der Waals surface area (Å²) in [6.07, 6.45) is 1.36. The van der Waals surface area contributed by atoms with Gasteiger partial charge >= 0.3 is 6.09 Å². The second-order valence-electron chi connectivity index (χ2n) is 3.72. The van der Waals surface area contributed by atoms with Crippen LogP contribution in [0.4, 0.5) is 10.5 Å². The van der Waals surface area contributed by atoms with E-state index in [0.717, 1.165) is 29.7 Å². The van der Waals surface area contributed by atoms with Gasteiger partial charge in [0.1, 0.15) is 0 Å². The van der Waals surface area contributed by atoms with E-state index in [2.05, 4.69) is 12.2 Å². The number of benzene rings is 1. The van der Waals surface area contributed by atoms with E-state index in [-0.39, 0.29) is 6.09 Å². The van der Waals surface area contributed by atoms with Crippen LogP contribution in [0, 0.1) is 6.92 Å². The van der Waals surface area contributed by atoms with Gasteiger partial charge in [-0.25, -0.2) is 4.79 Å². The number of nitrogens with one attached hydrogen (secondary N) is 1. The molecule has 0 aromatic heterocycles. The Morgan fingerprint density at radius 2 is 2.12 bits per heavy atom. The summed E-state index contributed by atoms with van der Waals surface area (Å²) >= 11 is 0. The lowest BCUT2D eigenvalue weighted by Crippen LogP contribution is -2.16. The minimum Gasteiger partial charge on any atom is -0.449 e. The highest BCUT2D eigenvalue weighted by molar-refractivity contribution is 5.86. The Balaban J connectivity index is 2.75. The predicted octanol–water partition coefficient (Wildman–Crippen LogP) is 3.52. The number of rotatable bonds is 4. The van der Waals surface area contributed by atoms with E-state index in [4.69, 9.17) is 4.74 Å². The monoisotopic (exact) mass is 221 g/mol. The molecule has 1 amide bonds. The van der Waals surface area contributed by atoms with Gasteiger partial charge in [0.25, 0.3) is 0 Å². The summed E-state index contributed by atoms with van der Waals surface area (Å²) in [5, 5.41) is 2.80. The fourth-order valence-corrected chi connectivity index (χ4v) is 1.53. The molecule has 1 rings (SSSR count). The Morgan fingerprint density at radius 3 is 2.75 bits per heavy atom. The molecule has 0 bridgehead atoms. The second-order valence-corrected chi connectivity index (χ2v) is 3.72. The fourth-order valence-electron chi connectivity index (χ4n) is 1.53. The number of ether oxygens (including phenoxy) is 1. The average molecular weight is 221 g/mol. The number of anilines is 1. The Labute approximate surface area is 96.8 Å². The number of carbonyl (C=O) groups is 1. The van der Waals surface area contributed by atoms with Gasteiger partial charge in [-0.1, -0.05) is 32.0 Å². The summed E-state index contributed by atoms with van der Waals surface area (Å²) in [5.74, 6) is 0. The summed E-state index contributed by atoms with van der Waals surface area (Å²) in [5.41, 5.74) is 3.08. The van der Waals surface area contributed by atoms with Crippen LogP contribution in [-0.4, -0.2) is 12.7 Å². The minimum absolute atomic E-state index is 0.370. The molecule has 0 aliphatic rings. The first-order valence-electron chi connectivity index (χ1n) is 5.71. The Kier molecular flexibility index (Phi) is 4.83. The molecule has 1 N–H and O–H groups in total. The fraction of sp³-hybridized carbons (Fsp3) is 0.462. The van der Waals surface area contributed by atoms with Crippen molar-refractivity contribution in [1.82, 2.24) is 0 Å². The molecule has 1 aromatic carbocycles. The highest BCUT2D eigenvalue weighted by Gasteiger charge is 2.08. The lowest BCUT2D eigenvalue weighted by Gasteiger charge is -2.12. The van der Waals surface area contributed by atoms with Crippen LogP contribution in [0.15, 0.2) is 18.2 Å². The maximum absolute atomic E-state index is 11.5. The summed E-state index contributed by atoms with van der Waals surface area (Å²) in [6.45, 7) is 6.48. The third-order valence-electron chi connectivity index (χ3n) is 2.40. The zero-order valence-corrected chi connectivity index (χ0v) is 10.2. The standard InChI is InChI=1S/C13H19NO2/c1-4-9-16-13(15)14-12-10(3)7-6-8-11(12)5-2/h6-8H,4-5,9H2,1-3H3,(H,14,15). The maximum Gasteiger partial charge on any atom is 0.411 e. The SMILES string of the molecule is CCCOC(=O)Nc1c(C)cccc1CC. The van der Waals surface area contributed by atoms with Gasteiger partial charge in [-0.3, -0.25) is 5.32 Å². The molecule has 0 fully saturated rings. The van der Waals surface area contributed by atoms with Crippen LogP contribution in [0.5, 0.6) is 0 Å². The van der Waals surface area contributed by atoms with Gasteiger partial charge in [0.05, 0.1) is 12.3 Å². The van der Waals surface area contributed by atoms with Crippen molar-refractivity contribution in [3.8, 4) is 0 Å². The van der Waals surface area contributed by atoms with Crippen molar-refractivity contribution >= 4 is 11.8 Å². The third-order valence-corrected chi connectivity index (χ3v) is 2.40. The molecule has 0 aliphatic heterocycles. The summed E-state index contributed by atoms with van der Waals surface area (Å²) in [6, 6.07) is 5.99. The number of aryl methyl sites for hydroxylation is 2. The molecular formula is C13H19NO2. The van der Waals surface area contributed by atoms with Gasteiger partial charge in [-0.05, 0) is 30.9 Å². The molecule has 0 atom stereocenters. The van der Waals surface area contributed by atoms with Crippen LogP contribution in [0.1, 0.15) is 31.4 Å². The van der Waals surface area contributed by atoms with E-state index in [1.165, 1.54) is 0 Å². The van der Waals surface area contributed by atoms with Crippen molar-refractivity contribution in [2.75, 3.05) is 11.9 Å². The van der Waals surface area contributed by atoms with Crippen molar-refractivity contribution in [1.29, 1.82) is 0 Å². The molecule has 16 heavy (non-hydrogen) atoms. The van der Waals surface area contributed by atoms with Gasteiger partial charge in [0.2, 0.25) is 0 Å². The predicted molar refractivity (Wildman–Crippen MR) is 65.8 cm³/mol. The molecule has 0 radical (unpaired) electrons. The van der Waals surface area contributed by atoms with E-state index in [1.54, 1.807) is 0 Å². The second kappa shape index (κ2) is 6.16. The van der Waals surface area contributed by atoms with E-state index in [1.807, 2.05) is 32.0 Å². The summed E-state index contributed by atoms with van der Waals surface area (Å²) in [4.78, 5) is 11.5. The molecular weight excluding hydrogens is 202 g/mol. The first kappa shape index (κ1) is 12.6.